The van der Waals surface area contributed by atoms with E-state index in [1.165, 1.54) is 13.5 Å². The molecule has 1 heterocycles. The standard InChI is InChI=1S/C19H30O3S2/c1-7-15(18(21)22-6)12-19(23-9-8-10-24-19)16(13(2)3)11-17(20)14(4)5/h7,13,16H,4,8-12H2,1-3,5-6H3/b15-7+/t16-/m0/s1. The highest BCUT2D eigenvalue weighted by Gasteiger charge is 2.45. The molecular formula is C19H30O3S2. The van der Waals surface area contributed by atoms with Crippen molar-refractivity contribution in [3.63, 3.8) is 0 Å². The van der Waals surface area contributed by atoms with Crippen LogP contribution >= 0.6 is 23.5 Å². The molecule has 1 aliphatic rings. The summed E-state index contributed by atoms with van der Waals surface area (Å²) in [5.41, 5.74) is 1.31. The molecule has 1 aliphatic heterocycles. The third-order valence-corrected chi connectivity index (χ3v) is 8.03. The van der Waals surface area contributed by atoms with Crippen LogP contribution in [0.3, 0.4) is 0 Å². The fourth-order valence-corrected chi connectivity index (χ4v) is 6.94. The molecule has 136 valence electrons. The molecule has 0 bridgehead atoms. The van der Waals surface area contributed by atoms with E-state index >= 15 is 0 Å². The van der Waals surface area contributed by atoms with Gasteiger partial charge in [-0.25, -0.2) is 4.79 Å². The number of methoxy groups -OCH3 is 1. The van der Waals surface area contributed by atoms with E-state index in [9.17, 15) is 9.59 Å². The molecule has 0 aromatic heterocycles. The number of thioether (sulfide) groups is 2. The van der Waals surface area contributed by atoms with E-state index in [2.05, 4.69) is 20.4 Å². The van der Waals surface area contributed by atoms with Gasteiger partial charge in [-0.3, -0.25) is 4.79 Å². The van der Waals surface area contributed by atoms with Gasteiger partial charge in [0.1, 0.15) is 0 Å². The lowest BCUT2D eigenvalue weighted by molar-refractivity contribution is -0.136. The molecule has 0 spiro atoms. The molecule has 0 unspecified atom stereocenters. The number of hydrogen-bond donors (Lipinski definition) is 0. The number of carbonyl (C=O) groups excluding carboxylic acids is 2. The average molecular weight is 371 g/mol. The van der Waals surface area contributed by atoms with Crippen LogP contribution in [0.1, 0.15) is 47.0 Å². The van der Waals surface area contributed by atoms with Crippen molar-refractivity contribution in [3.05, 3.63) is 23.8 Å². The maximum absolute atomic E-state index is 12.4. The van der Waals surface area contributed by atoms with Crippen LogP contribution in [0, 0.1) is 11.8 Å². The maximum atomic E-state index is 12.4. The Morgan fingerprint density at radius 3 is 2.29 bits per heavy atom. The van der Waals surface area contributed by atoms with Gasteiger partial charge in [-0.1, -0.05) is 26.5 Å². The van der Waals surface area contributed by atoms with Crippen LogP contribution in [-0.4, -0.2) is 34.4 Å². The number of carbonyl (C=O) groups is 2. The lowest BCUT2D eigenvalue weighted by Crippen LogP contribution is -2.40. The zero-order valence-electron chi connectivity index (χ0n) is 15.5. The molecule has 0 radical (unpaired) electrons. The van der Waals surface area contributed by atoms with Crippen LogP contribution in [-0.2, 0) is 14.3 Å². The van der Waals surface area contributed by atoms with Gasteiger partial charge >= 0.3 is 5.97 Å². The molecule has 1 saturated heterocycles. The van der Waals surface area contributed by atoms with E-state index in [1.54, 1.807) is 6.92 Å². The third-order valence-electron chi connectivity index (χ3n) is 4.47. The minimum absolute atomic E-state index is 0.125. The predicted molar refractivity (Wildman–Crippen MR) is 105 cm³/mol. The highest BCUT2D eigenvalue weighted by molar-refractivity contribution is 8.18. The number of rotatable bonds is 8. The molecule has 0 aromatic rings. The molecule has 5 heteroatoms. The zero-order chi connectivity index (χ0) is 18.3. The van der Waals surface area contributed by atoms with Crippen molar-refractivity contribution in [2.45, 2.75) is 51.0 Å². The van der Waals surface area contributed by atoms with Gasteiger partial charge in [0.25, 0.3) is 0 Å². The van der Waals surface area contributed by atoms with Gasteiger partial charge in [-0.2, -0.15) is 0 Å². The normalized spacial score (nSPS) is 19.0. The fourth-order valence-electron chi connectivity index (χ4n) is 3.00. The first-order valence-electron chi connectivity index (χ1n) is 8.47. The second-order valence-corrected chi connectivity index (χ2v) is 9.71. The van der Waals surface area contributed by atoms with E-state index < -0.39 is 0 Å². The molecular weight excluding hydrogens is 340 g/mol. The third kappa shape index (κ3) is 5.41. The molecule has 1 fully saturated rings. The van der Waals surface area contributed by atoms with Crippen LogP contribution in [0.2, 0.25) is 0 Å². The number of hydrogen-bond acceptors (Lipinski definition) is 5. The van der Waals surface area contributed by atoms with E-state index in [-0.39, 0.29) is 21.7 Å². The molecule has 24 heavy (non-hydrogen) atoms. The summed E-state index contributed by atoms with van der Waals surface area (Å²) in [6, 6.07) is 0. The number of ketones is 1. The van der Waals surface area contributed by atoms with E-state index in [1.807, 2.05) is 36.5 Å². The summed E-state index contributed by atoms with van der Waals surface area (Å²) in [6.07, 6.45) is 4.14. The van der Waals surface area contributed by atoms with E-state index in [4.69, 9.17) is 4.74 Å². The summed E-state index contributed by atoms with van der Waals surface area (Å²) in [5.74, 6) is 2.53. The number of ether oxygens (including phenoxy) is 1. The van der Waals surface area contributed by atoms with E-state index in [0.717, 1.165) is 11.5 Å². The van der Waals surface area contributed by atoms with Gasteiger partial charge < -0.3 is 4.74 Å². The van der Waals surface area contributed by atoms with Crippen molar-refractivity contribution < 1.29 is 14.3 Å². The first-order valence-corrected chi connectivity index (χ1v) is 10.4. The van der Waals surface area contributed by atoms with Gasteiger partial charge in [-0.05, 0) is 49.2 Å². The van der Waals surface area contributed by atoms with Crippen molar-refractivity contribution in [1.82, 2.24) is 0 Å². The Kier molecular flexibility index (Phi) is 8.65. The van der Waals surface area contributed by atoms with Crippen LogP contribution in [0.5, 0.6) is 0 Å². The van der Waals surface area contributed by atoms with Gasteiger partial charge in [0.2, 0.25) is 0 Å². The van der Waals surface area contributed by atoms with Crippen LogP contribution < -0.4 is 0 Å². The number of allylic oxidation sites excluding steroid dienone is 2. The molecule has 0 saturated carbocycles. The number of Topliss-reactive ketones (excluding diaryl/α,β-unsaturated/α-hetero) is 1. The quantitative estimate of drug-likeness (QED) is 0.450. The Hall–Kier alpha value is -0.680. The molecule has 1 rings (SSSR count). The highest BCUT2D eigenvalue weighted by Crippen LogP contribution is 2.54. The number of esters is 1. The first kappa shape index (κ1) is 21.4. The Morgan fingerprint density at radius 1 is 1.29 bits per heavy atom. The first-order chi connectivity index (χ1) is 11.3. The van der Waals surface area contributed by atoms with Gasteiger partial charge in [0.05, 0.1) is 11.2 Å². The van der Waals surface area contributed by atoms with Crippen LogP contribution in [0.15, 0.2) is 23.8 Å². The molecule has 3 nitrogen and oxygen atoms in total. The highest BCUT2D eigenvalue weighted by atomic mass is 32.2. The summed E-state index contributed by atoms with van der Waals surface area (Å²) >= 11 is 3.81. The Balaban J connectivity index is 3.17. The van der Waals surface area contributed by atoms with Crippen LogP contribution in [0.4, 0.5) is 0 Å². The smallest absolute Gasteiger partial charge is 0.333 e. The van der Waals surface area contributed by atoms with Crippen molar-refractivity contribution >= 4 is 35.3 Å². The Labute approximate surface area is 155 Å². The zero-order valence-corrected chi connectivity index (χ0v) is 17.1. The molecule has 0 amide bonds. The SMILES string of the molecule is C=C(C)C(=O)C[C@@H](C(C)C)C1(C/C(=C\C)C(=O)OC)SCCCS1. The summed E-state index contributed by atoms with van der Waals surface area (Å²) in [6.45, 7) is 11.8. The van der Waals surface area contributed by atoms with Gasteiger partial charge in [0.15, 0.2) is 5.78 Å². The van der Waals surface area contributed by atoms with Crippen molar-refractivity contribution in [2.24, 2.45) is 11.8 Å². The summed E-state index contributed by atoms with van der Waals surface area (Å²) < 4.78 is 4.78. The summed E-state index contributed by atoms with van der Waals surface area (Å²) in [5, 5.41) is 0. The molecule has 1 atom stereocenters. The lowest BCUT2D eigenvalue weighted by Gasteiger charge is -2.44. The lowest BCUT2D eigenvalue weighted by atomic mass is 9.83. The van der Waals surface area contributed by atoms with Crippen molar-refractivity contribution in [1.29, 1.82) is 0 Å². The summed E-state index contributed by atoms with van der Waals surface area (Å²) in [7, 11) is 1.42. The second-order valence-electron chi connectivity index (χ2n) is 6.60. The largest absolute Gasteiger partial charge is 0.466 e. The molecule has 0 N–H and O–H groups in total. The van der Waals surface area contributed by atoms with Gasteiger partial charge in [-0.15, -0.1) is 23.5 Å². The van der Waals surface area contributed by atoms with Gasteiger partial charge in [0, 0.05) is 18.4 Å². The van der Waals surface area contributed by atoms with Crippen LogP contribution in [0.25, 0.3) is 0 Å². The van der Waals surface area contributed by atoms with E-state index in [0.29, 0.717) is 29.9 Å². The van der Waals surface area contributed by atoms with Crippen molar-refractivity contribution in [3.8, 4) is 0 Å². The molecule has 0 aliphatic carbocycles. The minimum atomic E-state index is -0.266. The Bertz CT molecular complexity index is 503. The fraction of sp³-hybridized carbons (Fsp3) is 0.684. The second kappa shape index (κ2) is 9.71. The summed E-state index contributed by atoms with van der Waals surface area (Å²) in [4.78, 5) is 24.5. The maximum Gasteiger partial charge on any atom is 0.333 e. The average Bonchev–Trinajstić information content (AvgIpc) is 2.56. The minimum Gasteiger partial charge on any atom is -0.466 e. The topological polar surface area (TPSA) is 43.4 Å². The monoisotopic (exact) mass is 370 g/mol. The Morgan fingerprint density at radius 2 is 1.88 bits per heavy atom. The predicted octanol–water partition coefficient (Wildman–Crippen LogP) is 4.87. The van der Waals surface area contributed by atoms with Crippen molar-refractivity contribution in [2.75, 3.05) is 18.6 Å². The molecule has 0 aromatic carbocycles.